The van der Waals surface area contributed by atoms with Gasteiger partial charge >= 0.3 is 12.1 Å². The highest BCUT2D eigenvalue weighted by atomic mass is 19.4. The number of carbonyl (C=O) groups is 2. The number of benzene rings is 2. The highest BCUT2D eigenvalue weighted by Gasteiger charge is 2.42. The third-order valence-electron chi connectivity index (χ3n) is 6.50. The number of rotatable bonds is 6. The van der Waals surface area contributed by atoms with Crippen LogP contribution in [0.25, 0.3) is 0 Å². The number of piperazine rings is 1. The molecule has 204 valence electrons. The van der Waals surface area contributed by atoms with Gasteiger partial charge in [0.2, 0.25) is 11.9 Å². The SMILES string of the molecule is CCOC(=O)[C@H]1C(=O)NC(N2CCN(c3cccc(C(F)(F)F)c3)CC2)=N[C@H]1c1ccc(OC)c(OC)c1. The molecule has 12 heteroatoms. The lowest BCUT2D eigenvalue weighted by molar-refractivity contribution is -0.153. The second-order valence-corrected chi connectivity index (χ2v) is 8.75. The molecule has 0 aromatic heterocycles. The van der Waals surface area contributed by atoms with Crippen LogP contribution in [0.1, 0.15) is 24.1 Å². The number of nitrogens with one attached hydrogen (secondary N) is 1. The Kier molecular flexibility index (Phi) is 7.98. The Labute approximate surface area is 218 Å². The van der Waals surface area contributed by atoms with Crippen LogP contribution in [0.15, 0.2) is 47.5 Å². The lowest BCUT2D eigenvalue weighted by Gasteiger charge is -2.39. The van der Waals surface area contributed by atoms with E-state index in [4.69, 9.17) is 19.2 Å². The number of nitrogens with zero attached hydrogens (tertiary/aromatic N) is 3. The van der Waals surface area contributed by atoms with Gasteiger partial charge in [0.15, 0.2) is 17.4 Å². The van der Waals surface area contributed by atoms with E-state index >= 15 is 0 Å². The molecule has 0 bridgehead atoms. The third-order valence-corrected chi connectivity index (χ3v) is 6.50. The Morgan fingerprint density at radius 2 is 1.71 bits per heavy atom. The summed E-state index contributed by atoms with van der Waals surface area (Å²) in [6.45, 7) is 3.39. The first-order chi connectivity index (χ1) is 18.2. The molecule has 0 aliphatic carbocycles. The summed E-state index contributed by atoms with van der Waals surface area (Å²) in [7, 11) is 2.99. The van der Waals surface area contributed by atoms with E-state index in [9.17, 15) is 22.8 Å². The number of guanidine groups is 1. The van der Waals surface area contributed by atoms with E-state index in [1.54, 1.807) is 31.2 Å². The molecule has 0 unspecified atom stereocenters. The van der Waals surface area contributed by atoms with Crippen LogP contribution in [0, 0.1) is 5.92 Å². The van der Waals surface area contributed by atoms with E-state index in [1.807, 2.05) is 9.80 Å². The maximum Gasteiger partial charge on any atom is 0.416 e. The third kappa shape index (κ3) is 5.63. The van der Waals surface area contributed by atoms with Crippen molar-refractivity contribution < 1.29 is 37.0 Å². The predicted molar refractivity (Wildman–Crippen MR) is 133 cm³/mol. The van der Waals surface area contributed by atoms with Crippen molar-refractivity contribution in [3.63, 3.8) is 0 Å². The van der Waals surface area contributed by atoms with Crippen LogP contribution in [0.2, 0.25) is 0 Å². The topological polar surface area (TPSA) is 92.7 Å². The van der Waals surface area contributed by atoms with Gasteiger partial charge in [0.05, 0.1) is 26.4 Å². The molecule has 4 rings (SSSR count). The molecule has 38 heavy (non-hydrogen) atoms. The molecule has 2 aromatic carbocycles. The molecule has 2 aliphatic rings. The molecule has 2 aromatic rings. The predicted octanol–water partition coefficient (Wildman–Crippen LogP) is 3.25. The molecule has 1 saturated heterocycles. The summed E-state index contributed by atoms with van der Waals surface area (Å²) < 4.78 is 55.3. The first-order valence-electron chi connectivity index (χ1n) is 12.1. The fourth-order valence-electron chi connectivity index (χ4n) is 4.56. The molecule has 2 atom stereocenters. The smallest absolute Gasteiger partial charge is 0.416 e. The normalized spacial score (nSPS) is 19.9. The van der Waals surface area contributed by atoms with E-state index in [0.29, 0.717) is 54.9 Å². The van der Waals surface area contributed by atoms with Crippen LogP contribution in [0.3, 0.4) is 0 Å². The maximum absolute atomic E-state index is 13.1. The number of anilines is 1. The maximum atomic E-state index is 13.1. The summed E-state index contributed by atoms with van der Waals surface area (Å²) in [5.41, 5.74) is 0.333. The van der Waals surface area contributed by atoms with Gasteiger partial charge in [-0.3, -0.25) is 14.9 Å². The summed E-state index contributed by atoms with van der Waals surface area (Å²) in [5, 5.41) is 2.72. The lowest BCUT2D eigenvalue weighted by Crippen LogP contribution is -2.57. The van der Waals surface area contributed by atoms with Crippen LogP contribution >= 0.6 is 0 Å². The van der Waals surface area contributed by atoms with Crippen molar-refractivity contribution in [2.45, 2.75) is 19.1 Å². The largest absolute Gasteiger partial charge is 0.493 e. The number of carbonyl (C=O) groups excluding carboxylic acids is 2. The minimum atomic E-state index is -4.42. The highest BCUT2D eigenvalue weighted by molar-refractivity contribution is 6.08. The second-order valence-electron chi connectivity index (χ2n) is 8.75. The number of methoxy groups -OCH3 is 2. The minimum absolute atomic E-state index is 0.106. The molecule has 2 aliphatic heterocycles. The molecular formula is C26H29F3N4O5. The Morgan fingerprint density at radius 3 is 2.34 bits per heavy atom. The van der Waals surface area contributed by atoms with Crippen molar-refractivity contribution in [3.05, 3.63) is 53.6 Å². The standard InChI is InChI=1S/C26H29F3N4O5/c1-4-38-24(35)21-22(16-8-9-19(36-2)20(14-16)37-3)30-25(31-23(21)34)33-12-10-32(11-13-33)18-7-5-6-17(15-18)26(27,28)29/h5-9,14-15,21-22H,4,10-13H2,1-3H3,(H,30,31,34)/t21-,22+/m1/s1. The molecule has 0 spiro atoms. The fourth-order valence-corrected chi connectivity index (χ4v) is 4.56. The van der Waals surface area contributed by atoms with E-state index in [0.717, 1.165) is 12.1 Å². The van der Waals surface area contributed by atoms with E-state index in [1.165, 1.54) is 20.3 Å². The first kappa shape index (κ1) is 27.1. The van der Waals surface area contributed by atoms with Crippen LogP contribution < -0.4 is 19.7 Å². The highest BCUT2D eigenvalue weighted by Crippen LogP contribution is 2.37. The Morgan fingerprint density at radius 1 is 1.03 bits per heavy atom. The number of hydrogen-bond acceptors (Lipinski definition) is 8. The zero-order chi connectivity index (χ0) is 27.4. The Bertz CT molecular complexity index is 1210. The van der Waals surface area contributed by atoms with Crippen LogP contribution in [-0.2, 0) is 20.5 Å². The van der Waals surface area contributed by atoms with Crippen molar-refractivity contribution in [3.8, 4) is 11.5 Å². The molecular weight excluding hydrogens is 505 g/mol. The number of alkyl halides is 3. The monoisotopic (exact) mass is 534 g/mol. The lowest BCUT2D eigenvalue weighted by atomic mass is 9.91. The Balaban J connectivity index is 1.58. The number of amides is 1. The van der Waals surface area contributed by atoms with Crippen molar-refractivity contribution >= 4 is 23.5 Å². The van der Waals surface area contributed by atoms with Gasteiger partial charge in [0.1, 0.15) is 6.04 Å². The molecule has 0 radical (unpaired) electrons. The van der Waals surface area contributed by atoms with E-state index < -0.39 is 35.6 Å². The Hall–Kier alpha value is -3.96. The van der Waals surface area contributed by atoms with Crippen LogP contribution in [0.5, 0.6) is 11.5 Å². The molecule has 9 nitrogen and oxygen atoms in total. The number of halogens is 3. The quantitative estimate of drug-likeness (QED) is 0.449. The van der Waals surface area contributed by atoms with Gasteiger partial charge in [-0.1, -0.05) is 12.1 Å². The van der Waals surface area contributed by atoms with Crippen molar-refractivity contribution in [1.29, 1.82) is 0 Å². The molecule has 1 amide bonds. The van der Waals surface area contributed by atoms with Gasteiger partial charge in [-0.15, -0.1) is 0 Å². The average Bonchev–Trinajstić information content (AvgIpc) is 2.92. The van der Waals surface area contributed by atoms with Crippen molar-refractivity contribution in [2.24, 2.45) is 10.9 Å². The summed E-state index contributed by atoms with van der Waals surface area (Å²) in [6.07, 6.45) is -4.42. The van der Waals surface area contributed by atoms with Gasteiger partial charge in [0.25, 0.3) is 0 Å². The van der Waals surface area contributed by atoms with Crippen LogP contribution in [-0.4, -0.2) is 69.7 Å². The first-order valence-corrected chi connectivity index (χ1v) is 12.1. The van der Waals surface area contributed by atoms with Gasteiger partial charge < -0.3 is 24.0 Å². The van der Waals surface area contributed by atoms with E-state index in [2.05, 4.69) is 5.32 Å². The number of hydrogen-bond donors (Lipinski definition) is 1. The second kappa shape index (κ2) is 11.2. The number of aliphatic imine (C=N–C) groups is 1. The molecule has 1 fully saturated rings. The zero-order valence-electron chi connectivity index (χ0n) is 21.2. The van der Waals surface area contributed by atoms with Gasteiger partial charge in [-0.2, -0.15) is 13.2 Å². The summed E-state index contributed by atoms with van der Waals surface area (Å²) in [5.74, 6) is -1.25. The summed E-state index contributed by atoms with van der Waals surface area (Å²) in [6, 6.07) is 9.38. The van der Waals surface area contributed by atoms with Gasteiger partial charge in [0, 0.05) is 31.9 Å². The minimum Gasteiger partial charge on any atom is -0.493 e. The number of esters is 1. The summed E-state index contributed by atoms with van der Waals surface area (Å²) in [4.78, 5) is 34.3. The average molecular weight is 535 g/mol. The van der Waals surface area contributed by atoms with Crippen molar-refractivity contribution in [1.82, 2.24) is 10.2 Å². The zero-order valence-corrected chi connectivity index (χ0v) is 21.2. The van der Waals surface area contributed by atoms with Crippen molar-refractivity contribution in [2.75, 3.05) is 51.9 Å². The fraction of sp³-hybridized carbons (Fsp3) is 0.423. The van der Waals surface area contributed by atoms with Gasteiger partial charge in [-0.25, -0.2) is 4.99 Å². The summed E-state index contributed by atoms with van der Waals surface area (Å²) >= 11 is 0. The molecule has 1 N–H and O–H groups in total. The van der Waals surface area contributed by atoms with Crippen LogP contribution in [0.4, 0.5) is 18.9 Å². The molecule has 0 saturated carbocycles. The number of ether oxygens (including phenoxy) is 3. The van der Waals surface area contributed by atoms with E-state index in [-0.39, 0.29) is 6.61 Å². The molecule has 2 heterocycles. The van der Waals surface area contributed by atoms with Gasteiger partial charge in [-0.05, 0) is 42.8 Å².